The smallest absolute Gasteiger partial charge is 0.224 e. The Morgan fingerprint density at radius 3 is 2.58 bits per heavy atom. The van der Waals surface area contributed by atoms with Crippen molar-refractivity contribution in [1.29, 1.82) is 0 Å². The number of thiazole rings is 1. The fraction of sp³-hybridized carbons (Fsp3) is 0.158. The lowest BCUT2D eigenvalue weighted by Crippen LogP contribution is -2.24. The minimum atomic E-state index is 0.00768. The van der Waals surface area contributed by atoms with E-state index in [0.29, 0.717) is 18.0 Å². The third kappa shape index (κ3) is 4.02. The molecule has 0 spiro atoms. The quantitative estimate of drug-likeness (QED) is 0.724. The van der Waals surface area contributed by atoms with Gasteiger partial charge in [-0.15, -0.1) is 11.3 Å². The number of aromatic nitrogens is 1. The highest BCUT2D eigenvalue weighted by Crippen LogP contribution is 2.32. The summed E-state index contributed by atoms with van der Waals surface area (Å²) in [5.74, 6) is 0.00768. The van der Waals surface area contributed by atoms with Crippen molar-refractivity contribution in [3.05, 3.63) is 75.8 Å². The van der Waals surface area contributed by atoms with Crippen LogP contribution in [0.5, 0.6) is 0 Å². The van der Waals surface area contributed by atoms with Crippen LogP contribution < -0.4 is 5.32 Å². The van der Waals surface area contributed by atoms with E-state index in [1.54, 1.807) is 11.3 Å². The van der Waals surface area contributed by atoms with E-state index in [-0.39, 0.29) is 5.91 Å². The normalized spacial score (nSPS) is 10.6. The maximum atomic E-state index is 12.1. The van der Waals surface area contributed by atoms with Crippen molar-refractivity contribution in [2.45, 2.75) is 19.9 Å². The largest absolute Gasteiger partial charge is 0.351 e. The predicted octanol–water partition coefficient (Wildman–Crippen LogP) is 4.63. The van der Waals surface area contributed by atoms with E-state index < -0.39 is 0 Å². The first-order chi connectivity index (χ1) is 11.6. The van der Waals surface area contributed by atoms with Crippen LogP contribution in [-0.4, -0.2) is 10.9 Å². The molecule has 1 N–H and O–H groups in total. The number of nitrogens with one attached hydrogen (secondary N) is 1. The van der Waals surface area contributed by atoms with Crippen LogP contribution in [0.25, 0.3) is 10.6 Å². The van der Waals surface area contributed by atoms with E-state index in [2.05, 4.69) is 10.3 Å². The summed E-state index contributed by atoms with van der Waals surface area (Å²) < 4.78 is 0. The Hall–Kier alpha value is -2.17. The Kier molecular flexibility index (Phi) is 5.28. The van der Waals surface area contributed by atoms with Crippen molar-refractivity contribution in [3.8, 4) is 10.6 Å². The summed E-state index contributed by atoms with van der Waals surface area (Å²) in [6.07, 6.45) is 0.385. The monoisotopic (exact) mass is 356 g/mol. The number of amides is 1. The minimum absolute atomic E-state index is 0.00768. The average molecular weight is 357 g/mol. The van der Waals surface area contributed by atoms with Gasteiger partial charge < -0.3 is 5.32 Å². The second-order valence-electron chi connectivity index (χ2n) is 5.45. The number of aryl methyl sites for hydroxylation is 1. The van der Waals surface area contributed by atoms with Gasteiger partial charge in [0.15, 0.2) is 0 Å². The van der Waals surface area contributed by atoms with E-state index in [1.807, 2.05) is 61.5 Å². The Labute approximate surface area is 150 Å². The first kappa shape index (κ1) is 16.7. The van der Waals surface area contributed by atoms with Gasteiger partial charge in [0.2, 0.25) is 5.91 Å². The van der Waals surface area contributed by atoms with E-state index >= 15 is 0 Å². The maximum Gasteiger partial charge on any atom is 0.224 e. The van der Waals surface area contributed by atoms with Crippen LogP contribution in [0.1, 0.15) is 16.1 Å². The first-order valence-corrected chi connectivity index (χ1v) is 8.85. The van der Waals surface area contributed by atoms with Crippen molar-refractivity contribution >= 4 is 28.8 Å². The number of carbonyl (C=O) groups excluding carboxylic acids is 1. The average Bonchev–Trinajstić information content (AvgIpc) is 2.95. The molecule has 0 saturated heterocycles. The van der Waals surface area contributed by atoms with Crippen LogP contribution in [0.2, 0.25) is 5.02 Å². The second-order valence-corrected chi connectivity index (χ2v) is 6.94. The highest BCUT2D eigenvalue weighted by molar-refractivity contribution is 7.15. The zero-order chi connectivity index (χ0) is 16.9. The standard InChI is InChI=1S/C19H17ClN2OS/c1-13-17(12-21-18(23)11-14-7-3-2-4-8-14)24-19(22-13)15-9-5-6-10-16(15)20/h2-10H,11-12H2,1H3,(H,21,23). The van der Waals surface area contributed by atoms with Gasteiger partial charge in [0.05, 0.1) is 23.7 Å². The molecule has 1 heterocycles. The van der Waals surface area contributed by atoms with E-state index in [9.17, 15) is 4.79 Å². The lowest BCUT2D eigenvalue weighted by molar-refractivity contribution is -0.120. The molecule has 0 radical (unpaired) electrons. The van der Waals surface area contributed by atoms with Gasteiger partial charge in [0.25, 0.3) is 0 Å². The minimum Gasteiger partial charge on any atom is -0.351 e. The van der Waals surface area contributed by atoms with E-state index in [0.717, 1.165) is 26.7 Å². The van der Waals surface area contributed by atoms with E-state index in [4.69, 9.17) is 11.6 Å². The summed E-state index contributed by atoms with van der Waals surface area (Å²) in [6.45, 7) is 2.44. The summed E-state index contributed by atoms with van der Waals surface area (Å²) in [7, 11) is 0. The molecule has 0 aliphatic carbocycles. The molecule has 0 atom stereocenters. The molecule has 0 aliphatic rings. The van der Waals surface area contributed by atoms with Crippen LogP contribution in [0, 0.1) is 6.92 Å². The van der Waals surface area contributed by atoms with Crippen molar-refractivity contribution in [3.63, 3.8) is 0 Å². The van der Waals surface area contributed by atoms with E-state index in [1.165, 1.54) is 0 Å². The SMILES string of the molecule is Cc1nc(-c2ccccc2Cl)sc1CNC(=O)Cc1ccccc1. The molecule has 3 aromatic rings. The summed E-state index contributed by atoms with van der Waals surface area (Å²) in [5.41, 5.74) is 2.86. The number of hydrogen-bond acceptors (Lipinski definition) is 3. The summed E-state index contributed by atoms with van der Waals surface area (Å²) in [6, 6.07) is 17.4. The Bertz CT molecular complexity index is 846. The number of hydrogen-bond donors (Lipinski definition) is 1. The molecule has 0 unspecified atom stereocenters. The number of rotatable bonds is 5. The molecule has 3 rings (SSSR count). The lowest BCUT2D eigenvalue weighted by Gasteiger charge is -2.04. The molecular formula is C19H17ClN2OS. The maximum absolute atomic E-state index is 12.1. The van der Waals surface area contributed by atoms with Gasteiger partial charge in [-0.3, -0.25) is 4.79 Å². The van der Waals surface area contributed by atoms with Gasteiger partial charge in [-0.2, -0.15) is 0 Å². The summed E-state index contributed by atoms with van der Waals surface area (Å²) in [4.78, 5) is 17.7. The van der Waals surface area contributed by atoms with Crippen LogP contribution >= 0.6 is 22.9 Å². The number of nitrogens with zero attached hydrogens (tertiary/aromatic N) is 1. The molecular weight excluding hydrogens is 340 g/mol. The molecule has 0 saturated carbocycles. The zero-order valence-corrected chi connectivity index (χ0v) is 14.8. The van der Waals surface area contributed by atoms with Crippen molar-refractivity contribution in [2.75, 3.05) is 0 Å². The molecule has 1 amide bonds. The Morgan fingerprint density at radius 2 is 1.83 bits per heavy atom. The lowest BCUT2D eigenvalue weighted by atomic mass is 10.1. The first-order valence-electron chi connectivity index (χ1n) is 7.65. The third-order valence-electron chi connectivity index (χ3n) is 3.65. The molecule has 5 heteroatoms. The van der Waals surface area contributed by atoms with Gasteiger partial charge in [-0.1, -0.05) is 60.1 Å². The van der Waals surface area contributed by atoms with Crippen molar-refractivity contribution < 1.29 is 4.79 Å². The Balaban J connectivity index is 1.66. The summed E-state index contributed by atoms with van der Waals surface area (Å²) >= 11 is 7.80. The summed E-state index contributed by atoms with van der Waals surface area (Å²) in [5, 5.41) is 4.53. The number of benzene rings is 2. The van der Waals surface area contributed by atoms with Crippen LogP contribution in [0.4, 0.5) is 0 Å². The molecule has 2 aromatic carbocycles. The molecule has 0 bridgehead atoms. The third-order valence-corrected chi connectivity index (χ3v) is 5.17. The number of carbonyl (C=O) groups is 1. The van der Waals surface area contributed by atoms with Crippen LogP contribution in [0.15, 0.2) is 54.6 Å². The van der Waals surface area contributed by atoms with Gasteiger partial charge in [0.1, 0.15) is 5.01 Å². The van der Waals surface area contributed by atoms with Gasteiger partial charge in [-0.25, -0.2) is 4.98 Å². The fourth-order valence-corrected chi connectivity index (χ4v) is 3.69. The molecule has 1 aromatic heterocycles. The van der Waals surface area contributed by atoms with Crippen molar-refractivity contribution in [1.82, 2.24) is 10.3 Å². The second kappa shape index (κ2) is 7.60. The molecule has 122 valence electrons. The van der Waals surface area contributed by atoms with Crippen LogP contribution in [0.3, 0.4) is 0 Å². The van der Waals surface area contributed by atoms with Gasteiger partial charge in [-0.05, 0) is 18.6 Å². The van der Waals surface area contributed by atoms with Gasteiger partial charge >= 0.3 is 0 Å². The molecule has 0 fully saturated rings. The zero-order valence-electron chi connectivity index (χ0n) is 13.3. The topological polar surface area (TPSA) is 42.0 Å². The Morgan fingerprint density at radius 1 is 1.12 bits per heavy atom. The fourth-order valence-electron chi connectivity index (χ4n) is 2.36. The van der Waals surface area contributed by atoms with Gasteiger partial charge in [0, 0.05) is 10.4 Å². The highest BCUT2D eigenvalue weighted by Gasteiger charge is 2.12. The molecule has 0 aliphatic heterocycles. The van der Waals surface area contributed by atoms with Crippen molar-refractivity contribution in [2.24, 2.45) is 0 Å². The number of halogens is 1. The highest BCUT2D eigenvalue weighted by atomic mass is 35.5. The predicted molar refractivity (Wildman–Crippen MR) is 99.3 cm³/mol. The molecule has 24 heavy (non-hydrogen) atoms. The molecule has 3 nitrogen and oxygen atoms in total. The van der Waals surface area contributed by atoms with Crippen LogP contribution in [-0.2, 0) is 17.8 Å².